The van der Waals surface area contributed by atoms with Gasteiger partial charge in [0.25, 0.3) is 0 Å². The molecule has 0 spiro atoms. The molecule has 11 heteroatoms. The van der Waals surface area contributed by atoms with E-state index in [1.165, 1.54) is 29.6 Å². The van der Waals surface area contributed by atoms with Gasteiger partial charge in [-0.1, -0.05) is 48.9 Å². The number of unbranched alkanes of at least 4 members (excludes halogenated alkanes) is 2. The van der Waals surface area contributed by atoms with Crippen LogP contribution in [0.4, 0.5) is 0 Å². The number of amides is 1. The quantitative estimate of drug-likeness (QED) is 0.297. The number of carboxylic acid groups (broad SMARTS) is 1. The van der Waals surface area contributed by atoms with Gasteiger partial charge in [-0.15, -0.1) is 11.8 Å². The van der Waals surface area contributed by atoms with Crippen molar-refractivity contribution >= 4 is 45.2 Å². The summed E-state index contributed by atoms with van der Waals surface area (Å²) >= 11 is 1.30. The second-order valence-electron chi connectivity index (χ2n) is 10.5. The normalized spacial score (nSPS) is 18.1. The summed E-state index contributed by atoms with van der Waals surface area (Å²) < 4.78 is 27.3. The number of hydrogen-bond acceptors (Lipinski definition) is 7. The molecule has 2 N–H and O–H groups in total. The van der Waals surface area contributed by atoms with Gasteiger partial charge in [0.1, 0.15) is 17.9 Å². The molecule has 2 aromatic rings. The van der Waals surface area contributed by atoms with E-state index in [4.69, 9.17) is 0 Å². The van der Waals surface area contributed by atoms with Crippen molar-refractivity contribution in [1.82, 2.24) is 9.62 Å². The summed E-state index contributed by atoms with van der Waals surface area (Å²) in [6, 6.07) is 12.8. The molecule has 41 heavy (non-hydrogen) atoms. The van der Waals surface area contributed by atoms with Crippen molar-refractivity contribution in [3.63, 3.8) is 0 Å². The molecule has 1 fully saturated rings. The molecule has 2 aromatic carbocycles. The average molecular weight is 600 g/mol. The zero-order valence-electron chi connectivity index (χ0n) is 23.0. The second kappa shape index (κ2) is 14.7. The van der Waals surface area contributed by atoms with Crippen molar-refractivity contribution < 1.29 is 27.9 Å². The lowest BCUT2D eigenvalue weighted by atomic mass is 10.00. The standard InChI is InChI=1S/C30H37N3O6S2/c34-25(10-4-1-3-8-24-9-7-17-31-24)18-22-13-15-23(16-14-22)19-27(30(36)37)32-29(35)28-20-40-21-33(28)41(38,39)26-11-5-2-6-12-26/h2,5-6,11-16,27-28H,1,3-4,7-10,17-21H2,(H,32,35)(H,36,37)/t27-,28-/m0/s1. The molecule has 0 unspecified atom stereocenters. The highest BCUT2D eigenvalue weighted by Gasteiger charge is 2.41. The first kappa shape index (κ1) is 30.9. The number of sulfonamides is 1. The van der Waals surface area contributed by atoms with Crippen molar-refractivity contribution in [3.05, 3.63) is 65.7 Å². The minimum absolute atomic E-state index is 0.0336. The van der Waals surface area contributed by atoms with Crippen LogP contribution in [0, 0.1) is 0 Å². The summed E-state index contributed by atoms with van der Waals surface area (Å²) in [4.78, 5) is 42.0. The number of carbonyl (C=O) groups is 3. The van der Waals surface area contributed by atoms with Crippen LogP contribution in [-0.2, 0) is 37.2 Å². The topological polar surface area (TPSA) is 133 Å². The van der Waals surface area contributed by atoms with Crippen LogP contribution in [0.25, 0.3) is 0 Å². The van der Waals surface area contributed by atoms with Crippen LogP contribution < -0.4 is 5.32 Å². The van der Waals surface area contributed by atoms with E-state index in [0.717, 1.165) is 54.9 Å². The number of ketones is 1. The number of thioether (sulfide) groups is 1. The number of benzene rings is 2. The summed E-state index contributed by atoms with van der Waals surface area (Å²) in [6.07, 6.45) is 7.18. The van der Waals surface area contributed by atoms with Gasteiger partial charge in [0.05, 0.1) is 10.8 Å². The fourth-order valence-corrected chi connectivity index (χ4v) is 8.21. The largest absolute Gasteiger partial charge is 0.480 e. The molecule has 2 atom stereocenters. The lowest BCUT2D eigenvalue weighted by Gasteiger charge is -2.24. The molecule has 4 rings (SSSR count). The van der Waals surface area contributed by atoms with Gasteiger partial charge < -0.3 is 10.4 Å². The first-order valence-corrected chi connectivity index (χ1v) is 16.6. The number of carbonyl (C=O) groups excluding carboxylic acids is 2. The van der Waals surface area contributed by atoms with Crippen LogP contribution in [0.2, 0.25) is 0 Å². The average Bonchev–Trinajstić information content (AvgIpc) is 3.67. The second-order valence-corrected chi connectivity index (χ2v) is 13.4. The number of Topliss-reactive ketones (excluding diaryl/α,β-unsaturated/α-hetero) is 1. The molecule has 2 heterocycles. The summed E-state index contributed by atoms with van der Waals surface area (Å²) in [5.74, 6) is -1.32. The van der Waals surface area contributed by atoms with Gasteiger partial charge in [-0.2, -0.15) is 4.31 Å². The Kier molecular flexibility index (Phi) is 11.1. The predicted octanol–water partition coefficient (Wildman–Crippen LogP) is 3.86. The third kappa shape index (κ3) is 8.73. The number of nitrogens with one attached hydrogen (secondary N) is 1. The lowest BCUT2D eigenvalue weighted by molar-refractivity contribution is -0.142. The van der Waals surface area contributed by atoms with E-state index in [1.54, 1.807) is 30.3 Å². The van der Waals surface area contributed by atoms with E-state index >= 15 is 0 Å². The Morgan fingerprint density at radius 3 is 2.44 bits per heavy atom. The van der Waals surface area contributed by atoms with Gasteiger partial charge in [-0.25, -0.2) is 13.2 Å². The van der Waals surface area contributed by atoms with E-state index < -0.39 is 34.0 Å². The third-order valence-electron chi connectivity index (χ3n) is 7.35. The minimum Gasteiger partial charge on any atom is -0.480 e. The smallest absolute Gasteiger partial charge is 0.326 e. The van der Waals surface area contributed by atoms with Crippen LogP contribution >= 0.6 is 11.8 Å². The van der Waals surface area contributed by atoms with E-state index in [2.05, 4.69) is 10.3 Å². The van der Waals surface area contributed by atoms with Gasteiger partial charge in [0.2, 0.25) is 15.9 Å². The Balaban J connectivity index is 1.26. The van der Waals surface area contributed by atoms with Gasteiger partial charge in [0, 0.05) is 37.3 Å². The molecule has 220 valence electrons. The predicted molar refractivity (Wildman–Crippen MR) is 160 cm³/mol. The molecule has 0 aromatic heterocycles. The minimum atomic E-state index is -3.90. The van der Waals surface area contributed by atoms with Crippen LogP contribution in [-0.4, -0.2) is 71.5 Å². The molecule has 1 saturated heterocycles. The number of nitrogens with zero attached hydrogens (tertiary/aromatic N) is 2. The number of carboxylic acids is 1. The van der Waals surface area contributed by atoms with Gasteiger partial charge >= 0.3 is 5.97 Å². The van der Waals surface area contributed by atoms with Crippen LogP contribution in [0.15, 0.2) is 64.5 Å². The number of hydrogen-bond donors (Lipinski definition) is 2. The summed E-state index contributed by atoms with van der Waals surface area (Å²) in [5, 5.41) is 12.3. The molecule has 0 saturated carbocycles. The van der Waals surface area contributed by atoms with Gasteiger partial charge in [-0.3, -0.25) is 14.6 Å². The van der Waals surface area contributed by atoms with Gasteiger partial charge in [0.15, 0.2) is 0 Å². The SMILES string of the molecule is O=C(CCCCCC1=NCCC1)Cc1ccc(C[C@H](NC(=O)[C@@H]2CSCN2S(=O)(=O)c2ccccc2)C(=O)O)cc1. The number of aliphatic carboxylic acids is 1. The van der Waals surface area contributed by atoms with E-state index in [0.29, 0.717) is 18.4 Å². The van der Waals surface area contributed by atoms with Crippen LogP contribution in [0.3, 0.4) is 0 Å². The number of aliphatic imine (C=N–C) groups is 1. The maximum absolute atomic E-state index is 13.1. The Labute approximate surface area is 245 Å². The highest BCUT2D eigenvalue weighted by atomic mass is 32.2. The fourth-order valence-electron chi connectivity index (χ4n) is 5.04. The molecule has 0 bridgehead atoms. The lowest BCUT2D eigenvalue weighted by Crippen LogP contribution is -2.52. The monoisotopic (exact) mass is 599 g/mol. The van der Waals surface area contributed by atoms with Crippen molar-refractivity contribution in [1.29, 1.82) is 0 Å². The summed E-state index contributed by atoms with van der Waals surface area (Å²) in [7, 11) is -3.90. The molecule has 1 amide bonds. The van der Waals surface area contributed by atoms with E-state index in [1.807, 2.05) is 12.1 Å². The fraction of sp³-hybridized carbons (Fsp3) is 0.467. The summed E-state index contributed by atoms with van der Waals surface area (Å²) in [6.45, 7) is 0.957. The Morgan fingerprint density at radius 2 is 1.76 bits per heavy atom. The third-order valence-corrected chi connectivity index (χ3v) is 10.4. The molecule has 2 aliphatic heterocycles. The van der Waals surface area contributed by atoms with Crippen molar-refractivity contribution in [2.45, 2.75) is 74.8 Å². The van der Waals surface area contributed by atoms with Crippen molar-refractivity contribution in [2.75, 3.05) is 18.2 Å². The maximum atomic E-state index is 13.1. The molecule has 0 aliphatic carbocycles. The zero-order chi connectivity index (χ0) is 29.2. The van der Waals surface area contributed by atoms with Gasteiger partial charge in [-0.05, 0) is 55.4 Å². The first-order valence-electron chi connectivity index (χ1n) is 14.0. The first-order chi connectivity index (χ1) is 19.7. The number of rotatable bonds is 15. The Morgan fingerprint density at radius 1 is 1.02 bits per heavy atom. The van der Waals surface area contributed by atoms with Crippen molar-refractivity contribution in [2.24, 2.45) is 4.99 Å². The molecule has 0 radical (unpaired) electrons. The van der Waals surface area contributed by atoms with E-state index in [-0.39, 0.29) is 28.7 Å². The zero-order valence-corrected chi connectivity index (χ0v) is 24.7. The highest BCUT2D eigenvalue weighted by Crippen LogP contribution is 2.28. The van der Waals surface area contributed by atoms with Crippen LogP contribution in [0.1, 0.15) is 56.1 Å². The summed E-state index contributed by atoms with van der Waals surface area (Å²) in [5.41, 5.74) is 2.87. The Bertz CT molecular complexity index is 1350. The van der Waals surface area contributed by atoms with Crippen LogP contribution in [0.5, 0.6) is 0 Å². The van der Waals surface area contributed by atoms with E-state index in [9.17, 15) is 27.9 Å². The van der Waals surface area contributed by atoms with Crippen molar-refractivity contribution in [3.8, 4) is 0 Å². The molecule has 9 nitrogen and oxygen atoms in total. The maximum Gasteiger partial charge on any atom is 0.326 e. The molecule has 2 aliphatic rings. The molecular formula is C30H37N3O6S2. The molecular weight excluding hydrogens is 562 g/mol. The highest BCUT2D eigenvalue weighted by molar-refractivity contribution is 8.00. The Hall–Kier alpha value is -3.02.